The third-order valence-corrected chi connectivity index (χ3v) is 6.99. The monoisotopic (exact) mass is 503 g/mol. The van der Waals surface area contributed by atoms with Crippen molar-refractivity contribution in [3.8, 4) is 0 Å². The average Bonchev–Trinajstić information content (AvgIpc) is 3.16. The number of β-lactam (4-membered cyclic amide) rings is 1. The predicted molar refractivity (Wildman–Crippen MR) is 115 cm³/mol. The van der Waals surface area contributed by atoms with Gasteiger partial charge >= 0.3 is 11.9 Å². The number of aromatic nitrogens is 2. The molecular weight excluding hydrogens is 486 g/mol. The maximum absolute atomic E-state index is 13.0. The van der Waals surface area contributed by atoms with Crippen molar-refractivity contribution >= 4 is 69.4 Å². The van der Waals surface area contributed by atoms with Crippen LogP contribution in [-0.2, 0) is 24.0 Å². The second-order valence-electron chi connectivity index (χ2n) is 7.34. The summed E-state index contributed by atoms with van der Waals surface area (Å²) in [7, 11) is 0. The van der Waals surface area contributed by atoms with Crippen molar-refractivity contribution in [2.45, 2.75) is 31.2 Å². The Morgan fingerprint density at radius 2 is 2.06 bits per heavy atom. The topological polar surface area (TPSA) is 185 Å². The zero-order valence-corrected chi connectivity index (χ0v) is 19.2. The van der Waals surface area contributed by atoms with E-state index in [9.17, 15) is 29.4 Å². The fourth-order valence-electron chi connectivity index (χ4n) is 2.96. The maximum Gasteiger partial charge on any atom is 0.352 e. The zero-order valence-electron chi connectivity index (χ0n) is 16.8. The highest BCUT2D eigenvalue weighted by Crippen LogP contribution is 2.45. The summed E-state index contributed by atoms with van der Waals surface area (Å²) in [5, 5.41) is 21.8. The molecule has 3 rings (SSSR count). The lowest BCUT2D eigenvalue weighted by atomic mass is 9.89. The molecule has 172 valence electrons. The van der Waals surface area contributed by atoms with E-state index in [4.69, 9.17) is 22.2 Å². The van der Waals surface area contributed by atoms with Gasteiger partial charge in [0.05, 0.1) is 11.3 Å². The van der Waals surface area contributed by atoms with Gasteiger partial charge in [-0.2, -0.15) is 9.36 Å². The molecule has 0 radical (unpaired) electrons. The molecule has 12 nitrogen and oxygen atoms in total. The first kappa shape index (κ1) is 23.9. The molecule has 1 saturated heterocycles. The number of hydrogen-bond acceptors (Lipinski definition) is 11. The first-order valence-electron chi connectivity index (χ1n) is 9.06. The second kappa shape index (κ2) is 9.03. The molecule has 2 aliphatic rings. The Bertz CT molecular complexity index is 1050. The molecule has 2 aliphatic heterocycles. The third-order valence-electron chi connectivity index (χ3n) is 4.72. The van der Waals surface area contributed by atoms with E-state index in [1.165, 1.54) is 25.6 Å². The number of carbonyl (C=O) groups excluding carboxylic acids is 2. The number of thioether (sulfide) groups is 1. The first-order chi connectivity index (χ1) is 15.0. The number of fused-ring (bicyclic) bond motifs is 1. The van der Waals surface area contributed by atoms with E-state index in [1.807, 2.05) is 0 Å². The number of amides is 1. The number of ketones is 1. The molecule has 1 aromatic heterocycles. The molecule has 4 N–H and O–H groups in total. The summed E-state index contributed by atoms with van der Waals surface area (Å²) in [6.45, 7) is 2.48. The van der Waals surface area contributed by atoms with Gasteiger partial charge in [0.1, 0.15) is 5.70 Å². The lowest BCUT2D eigenvalue weighted by molar-refractivity contribution is -0.161. The van der Waals surface area contributed by atoms with Gasteiger partial charge in [0.25, 0.3) is 0 Å². The first-order valence-corrected chi connectivity index (χ1v) is 11.4. The number of carbonyl (C=O) groups is 4. The Hall–Kier alpha value is -2.71. The highest BCUT2D eigenvalue weighted by Gasteiger charge is 2.54. The number of aliphatic carboxylic acids is 2. The van der Waals surface area contributed by atoms with Crippen LogP contribution in [0.5, 0.6) is 0 Å². The SMILES string of the molecule is CC(C)(O/N=C(\C(=O)C[C@@H]1C(=O)N2C(C(=O)O)=C(CCl)CSC12)c1nsc(N)n1)C(=O)O. The van der Waals surface area contributed by atoms with Crippen molar-refractivity contribution < 1.29 is 34.2 Å². The van der Waals surface area contributed by atoms with E-state index in [-0.39, 0.29) is 34.7 Å². The van der Waals surface area contributed by atoms with Gasteiger partial charge in [-0.25, -0.2) is 9.59 Å². The minimum absolute atomic E-state index is 0.0286. The summed E-state index contributed by atoms with van der Waals surface area (Å²) in [4.78, 5) is 58.6. The van der Waals surface area contributed by atoms with E-state index >= 15 is 0 Å². The average molecular weight is 504 g/mol. The van der Waals surface area contributed by atoms with Gasteiger partial charge in [-0.3, -0.25) is 14.5 Å². The second-order valence-corrected chi connectivity index (χ2v) is 9.49. The number of Topliss-reactive ketones (excluding diaryl/α,β-unsaturated/α-hetero) is 1. The molecule has 0 spiro atoms. The van der Waals surface area contributed by atoms with Crippen LogP contribution in [0.15, 0.2) is 16.4 Å². The van der Waals surface area contributed by atoms with Gasteiger partial charge in [-0.15, -0.1) is 23.4 Å². The molecule has 15 heteroatoms. The van der Waals surface area contributed by atoms with Crippen LogP contribution in [-0.4, -0.2) is 76.4 Å². The number of anilines is 1. The normalized spacial score (nSPS) is 21.2. The van der Waals surface area contributed by atoms with Crippen LogP contribution < -0.4 is 5.73 Å². The third kappa shape index (κ3) is 4.42. The van der Waals surface area contributed by atoms with Crippen LogP contribution in [0.4, 0.5) is 5.13 Å². The maximum atomic E-state index is 13.0. The molecule has 0 aromatic carbocycles. The Kier molecular flexibility index (Phi) is 6.76. The molecule has 1 aromatic rings. The number of oxime groups is 1. The van der Waals surface area contributed by atoms with Crippen LogP contribution in [0, 0.1) is 5.92 Å². The fourth-order valence-corrected chi connectivity index (χ4v) is 5.15. The summed E-state index contributed by atoms with van der Waals surface area (Å²) in [5.41, 5.74) is 3.71. The quantitative estimate of drug-likeness (QED) is 0.187. The lowest BCUT2D eigenvalue weighted by Crippen LogP contribution is -2.62. The molecule has 0 aliphatic carbocycles. The molecule has 3 heterocycles. The number of nitrogens with two attached hydrogens (primary N) is 1. The summed E-state index contributed by atoms with van der Waals surface area (Å²) in [5.74, 6) is -4.48. The van der Waals surface area contributed by atoms with Crippen LogP contribution in [0.25, 0.3) is 0 Å². The van der Waals surface area contributed by atoms with Crippen molar-refractivity contribution in [1.29, 1.82) is 0 Å². The number of carboxylic acids is 2. The minimum Gasteiger partial charge on any atom is -0.478 e. The van der Waals surface area contributed by atoms with Gasteiger partial charge in [0.2, 0.25) is 17.3 Å². The van der Waals surface area contributed by atoms with Crippen LogP contribution in [0.1, 0.15) is 26.1 Å². The smallest absolute Gasteiger partial charge is 0.352 e. The summed E-state index contributed by atoms with van der Waals surface area (Å²) in [6, 6.07) is 0. The molecule has 1 amide bonds. The van der Waals surface area contributed by atoms with Crippen LogP contribution >= 0.6 is 34.9 Å². The highest BCUT2D eigenvalue weighted by molar-refractivity contribution is 8.00. The van der Waals surface area contributed by atoms with E-state index in [0.29, 0.717) is 11.3 Å². The number of carboxylic acid groups (broad SMARTS) is 2. The van der Waals surface area contributed by atoms with E-state index in [2.05, 4.69) is 14.5 Å². The molecule has 0 bridgehead atoms. The Labute approximate surface area is 194 Å². The number of halogens is 1. The molecule has 1 unspecified atom stereocenters. The van der Waals surface area contributed by atoms with E-state index in [1.54, 1.807) is 0 Å². The lowest BCUT2D eigenvalue weighted by Gasteiger charge is -2.49. The Morgan fingerprint density at radius 1 is 1.38 bits per heavy atom. The molecule has 2 atom stereocenters. The van der Waals surface area contributed by atoms with Gasteiger partial charge in [-0.05, 0) is 19.4 Å². The van der Waals surface area contributed by atoms with Crippen molar-refractivity contribution in [3.05, 3.63) is 17.1 Å². The fraction of sp³-hybridized carbons (Fsp3) is 0.471. The molecular formula is C17H18ClN5O7S2. The summed E-state index contributed by atoms with van der Waals surface area (Å²) in [6.07, 6.45) is -0.328. The Morgan fingerprint density at radius 3 is 2.59 bits per heavy atom. The number of hydrogen-bond donors (Lipinski definition) is 3. The highest BCUT2D eigenvalue weighted by atomic mass is 35.5. The largest absolute Gasteiger partial charge is 0.478 e. The summed E-state index contributed by atoms with van der Waals surface area (Å²) < 4.78 is 3.92. The van der Waals surface area contributed by atoms with Crippen molar-refractivity contribution in [2.24, 2.45) is 11.1 Å². The van der Waals surface area contributed by atoms with Crippen molar-refractivity contribution in [1.82, 2.24) is 14.3 Å². The Balaban J connectivity index is 1.83. The number of nitrogen functional groups attached to an aromatic ring is 1. The molecule has 32 heavy (non-hydrogen) atoms. The number of nitrogens with zero attached hydrogens (tertiary/aromatic N) is 4. The van der Waals surface area contributed by atoms with Crippen molar-refractivity contribution in [2.75, 3.05) is 17.4 Å². The van der Waals surface area contributed by atoms with E-state index in [0.717, 1.165) is 16.4 Å². The number of rotatable bonds is 9. The van der Waals surface area contributed by atoms with Gasteiger partial charge in [0, 0.05) is 29.6 Å². The summed E-state index contributed by atoms with van der Waals surface area (Å²) >= 11 is 7.91. The predicted octanol–water partition coefficient (Wildman–Crippen LogP) is 0.772. The van der Waals surface area contributed by atoms with Gasteiger partial charge < -0.3 is 20.8 Å². The van der Waals surface area contributed by atoms with Gasteiger partial charge in [0.15, 0.2) is 16.6 Å². The zero-order chi connectivity index (χ0) is 23.8. The van der Waals surface area contributed by atoms with Crippen LogP contribution in [0.2, 0.25) is 0 Å². The van der Waals surface area contributed by atoms with Gasteiger partial charge in [-0.1, -0.05) is 5.16 Å². The standard InChI is InChI=1S/C17H18ClN5O7S2/c1-17(2,15(28)29)30-21-9(11-20-16(19)32-22-11)8(24)3-7-12(25)23-10(14(26)27)6(4-18)5-31-13(7)23/h7,13H,3-5H2,1-2H3,(H,26,27)(H,28,29)(H2,19,20,22)/b21-9+/t7-,13?/m1/s1. The van der Waals surface area contributed by atoms with Crippen LogP contribution in [0.3, 0.4) is 0 Å². The van der Waals surface area contributed by atoms with E-state index < -0.39 is 40.5 Å². The number of alkyl halides is 1. The molecule has 1 fully saturated rings. The minimum atomic E-state index is -1.74. The molecule has 0 saturated carbocycles. The van der Waals surface area contributed by atoms with Crippen molar-refractivity contribution in [3.63, 3.8) is 0 Å².